The second-order valence-corrected chi connectivity index (χ2v) is 15.8. The van der Waals surface area contributed by atoms with E-state index in [0.29, 0.717) is 55.2 Å². The fourth-order valence-electron chi connectivity index (χ4n) is 7.05. The molecule has 0 aliphatic carbocycles. The molecule has 3 aliphatic rings. The van der Waals surface area contributed by atoms with Gasteiger partial charge in [0.1, 0.15) is 11.2 Å². The monoisotopic (exact) mass is 638 g/mol. The number of nitrogens with one attached hydrogen (secondary N) is 2. The van der Waals surface area contributed by atoms with E-state index in [9.17, 15) is 18.0 Å². The number of amides is 3. The van der Waals surface area contributed by atoms with Crippen molar-refractivity contribution in [1.82, 2.24) is 14.5 Å². The highest BCUT2D eigenvalue weighted by molar-refractivity contribution is 7.88. The second kappa shape index (κ2) is 11.3. The summed E-state index contributed by atoms with van der Waals surface area (Å²) in [5.74, 6) is -1.22. The predicted molar refractivity (Wildman–Crippen MR) is 163 cm³/mol. The van der Waals surface area contributed by atoms with Crippen molar-refractivity contribution in [2.45, 2.75) is 51.5 Å². The number of benzene rings is 2. The third kappa shape index (κ3) is 5.63. The van der Waals surface area contributed by atoms with Gasteiger partial charge in [-0.05, 0) is 60.3 Å². The maximum absolute atomic E-state index is 15.9. The number of anilines is 1. The lowest BCUT2D eigenvalue weighted by molar-refractivity contribution is -0.123. The fourth-order valence-corrected chi connectivity index (χ4v) is 8.28. The van der Waals surface area contributed by atoms with Crippen molar-refractivity contribution in [2.24, 2.45) is 17.3 Å². The van der Waals surface area contributed by atoms with Crippen LogP contribution in [-0.4, -0.2) is 62.0 Å². The predicted octanol–water partition coefficient (Wildman–Crippen LogP) is 5.81. The normalized spacial score (nSPS) is 25.1. The molecule has 228 valence electrons. The van der Waals surface area contributed by atoms with Crippen LogP contribution in [0.4, 0.5) is 14.9 Å². The van der Waals surface area contributed by atoms with Gasteiger partial charge >= 0.3 is 6.03 Å². The molecule has 2 aromatic rings. The molecule has 42 heavy (non-hydrogen) atoms. The molecule has 0 aromatic heterocycles. The van der Waals surface area contributed by atoms with E-state index in [1.165, 1.54) is 16.6 Å². The van der Waals surface area contributed by atoms with Crippen LogP contribution in [0.15, 0.2) is 36.4 Å². The SMILES string of the molecule is CC(C)(C)C[C@@H]1CN(C(=O)NCC2CCN(S(C)(=O)=O)CC2)[C@H](c2cccc(Cl)c2F)[C@]12C(=O)Nc1cc(Cl)ccc12. The lowest BCUT2D eigenvalue weighted by Crippen LogP contribution is -2.48. The molecule has 0 saturated carbocycles. The molecular formula is C30H37Cl2FN4O4S. The summed E-state index contributed by atoms with van der Waals surface area (Å²) >= 11 is 12.6. The molecule has 1 spiro atoms. The number of carbonyl (C=O) groups is 2. The molecule has 0 unspecified atom stereocenters. The number of carbonyl (C=O) groups excluding carboxylic acids is 2. The highest BCUT2D eigenvalue weighted by Gasteiger charge is 2.65. The molecule has 5 rings (SSSR count). The first-order valence-electron chi connectivity index (χ1n) is 14.2. The summed E-state index contributed by atoms with van der Waals surface area (Å²) in [6.45, 7) is 7.60. The maximum Gasteiger partial charge on any atom is 0.317 e. The van der Waals surface area contributed by atoms with Crippen LogP contribution in [0.5, 0.6) is 0 Å². The first-order valence-corrected chi connectivity index (χ1v) is 16.8. The number of piperidine rings is 1. The summed E-state index contributed by atoms with van der Waals surface area (Å²) in [6.07, 6.45) is 3.03. The molecule has 12 heteroatoms. The van der Waals surface area contributed by atoms with E-state index >= 15 is 4.39 Å². The lowest BCUT2D eigenvalue weighted by atomic mass is 9.63. The topological polar surface area (TPSA) is 98.8 Å². The van der Waals surface area contributed by atoms with E-state index in [4.69, 9.17) is 23.2 Å². The number of fused-ring (bicyclic) bond motifs is 2. The summed E-state index contributed by atoms with van der Waals surface area (Å²) in [5, 5.41) is 6.39. The first-order chi connectivity index (χ1) is 19.6. The van der Waals surface area contributed by atoms with Crippen LogP contribution < -0.4 is 10.6 Å². The van der Waals surface area contributed by atoms with Gasteiger partial charge in [-0.25, -0.2) is 21.9 Å². The van der Waals surface area contributed by atoms with Gasteiger partial charge in [-0.1, -0.05) is 62.2 Å². The zero-order valence-electron chi connectivity index (χ0n) is 24.2. The van der Waals surface area contributed by atoms with Gasteiger partial charge in [0.05, 0.1) is 17.3 Å². The minimum Gasteiger partial charge on any atom is -0.338 e. The number of likely N-dealkylation sites (tertiary alicyclic amines) is 1. The molecule has 2 aromatic carbocycles. The summed E-state index contributed by atoms with van der Waals surface area (Å²) in [6, 6.07) is 8.50. The third-order valence-corrected chi connectivity index (χ3v) is 10.7. The van der Waals surface area contributed by atoms with Crippen LogP contribution in [0, 0.1) is 23.1 Å². The molecule has 8 nitrogen and oxygen atoms in total. The Bertz CT molecular complexity index is 1510. The molecule has 3 aliphatic heterocycles. The molecule has 2 saturated heterocycles. The zero-order valence-corrected chi connectivity index (χ0v) is 26.5. The molecule has 2 fully saturated rings. The van der Waals surface area contributed by atoms with Gasteiger partial charge < -0.3 is 15.5 Å². The number of sulfonamides is 1. The Morgan fingerprint density at radius 1 is 1.17 bits per heavy atom. The van der Waals surface area contributed by atoms with Crippen molar-refractivity contribution >= 4 is 50.9 Å². The first kappa shape index (κ1) is 31.0. The summed E-state index contributed by atoms with van der Waals surface area (Å²) < 4.78 is 41.1. The van der Waals surface area contributed by atoms with Crippen molar-refractivity contribution in [1.29, 1.82) is 0 Å². The van der Waals surface area contributed by atoms with Gasteiger partial charge in [0.15, 0.2) is 0 Å². The minimum absolute atomic E-state index is 0.0883. The van der Waals surface area contributed by atoms with Crippen molar-refractivity contribution in [2.75, 3.05) is 37.8 Å². The average molecular weight is 640 g/mol. The fraction of sp³-hybridized carbons (Fsp3) is 0.533. The number of urea groups is 1. The number of hydrogen-bond donors (Lipinski definition) is 2. The Hall–Kier alpha value is -2.40. The third-order valence-electron chi connectivity index (χ3n) is 8.84. The van der Waals surface area contributed by atoms with E-state index in [2.05, 4.69) is 31.4 Å². The second-order valence-electron chi connectivity index (χ2n) is 13.0. The van der Waals surface area contributed by atoms with Crippen molar-refractivity contribution in [3.05, 3.63) is 63.4 Å². The van der Waals surface area contributed by atoms with E-state index in [0.717, 1.165) is 0 Å². The van der Waals surface area contributed by atoms with Crippen LogP contribution >= 0.6 is 23.2 Å². The Morgan fingerprint density at radius 3 is 2.50 bits per heavy atom. The van der Waals surface area contributed by atoms with Crippen LogP contribution in [0.1, 0.15) is 57.2 Å². The Morgan fingerprint density at radius 2 is 1.86 bits per heavy atom. The quantitative estimate of drug-likeness (QED) is 0.432. The van der Waals surface area contributed by atoms with Crippen LogP contribution in [-0.2, 0) is 20.2 Å². The largest absolute Gasteiger partial charge is 0.338 e. The van der Waals surface area contributed by atoms with Crippen molar-refractivity contribution in [3.8, 4) is 0 Å². The van der Waals surface area contributed by atoms with Crippen LogP contribution in [0.25, 0.3) is 0 Å². The van der Waals surface area contributed by atoms with Crippen LogP contribution in [0.2, 0.25) is 10.0 Å². The molecule has 0 radical (unpaired) electrons. The van der Waals surface area contributed by atoms with E-state index in [1.807, 2.05) is 0 Å². The van der Waals surface area contributed by atoms with Crippen LogP contribution in [0.3, 0.4) is 0 Å². The van der Waals surface area contributed by atoms with Gasteiger partial charge in [-0.3, -0.25) is 4.79 Å². The van der Waals surface area contributed by atoms with Gasteiger partial charge in [-0.2, -0.15) is 0 Å². The minimum atomic E-state index is -3.26. The maximum atomic E-state index is 15.9. The highest BCUT2D eigenvalue weighted by atomic mass is 35.5. The standard InChI is InChI=1S/C30H37Cl2FN4O4S/c1-29(2,3)15-19-17-37(28(39)34-16-18-10-12-36(13-11-18)42(4,40)41)26(21-6-5-7-23(32)25(21)33)30(19)22-9-8-20(31)14-24(22)35-27(30)38/h5-9,14,18-19,26H,10-13,15-17H2,1-4H3,(H,34,39)(H,35,38)/t19-,26-,30+/m1/s1. The van der Waals surface area contributed by atoms with Gasteiger partial charge in [0, 0.05) is 42.5 Å². The van der Waals surface area contributed by atoms with E-state index in [1.54, 1.807) is 35.2 Å². The average Bonchev–Trinajstić information content (AvgIpc) is 3.37. The van der Waals surface area contributed by atoms with Gasteiger partial charge in [0.2, 0.25) is 15.9 Å². The Balaban J connectivity index is 1.54. The molecular weight excluding hydrogens is 602 g/mol. The van der Waals surface area contributed by atoms with Gasteiger partial charge in [-0.15, -0.1) is 0 Å². The summed E-state index contributed by atoms with van der Waals surface area (Å²) in [7, 11) is -3.26. The number of rotatable bonds is 5. The smallest absolute Gasteiger partial charge is 0.317 e. The molecule has 3 heterocycles. The molecule has 0 bridgehead atoms. The number of nitrogens with zero attached hydrogens (tertiary/aromatic N) is 2. The zero-order chi connectivity index (χ0) is 30.6. The number of hydrogen-bond acceptors (Lipinski definition) is 4. The summed E-state index contributed by atoms with van der Waals surface area (Å²) in [4.78, 5) is 29.8. The van der Waals surface area contributed by atoms with Gasteiger partial charge in [0.25, 0.3) is 0 Å². The molecule has 2 N–H and O–H groups in total. The van der Waals surface area contributed by atoms with E-state index < -0.39 is 33.3 Å². The van der Waals surface area contributed by atoms with Crippen molar-refractivity contribution < 1.29 is 22.4 Å². The highest BCUT2D eigenvalue weighted by Crippen LogP contribution is 2.60. The van der Waals surface area contributed by atoms with E-state index in [-0.39, 0.29) is 40.3 Å². The summed E-state index contributed by atoms with van der Waals surface area (Å²) in [5.41, 5.74) is -0.0761. The Kier molecular flexibility index (Phi) is 8.33. The molecule has 3 amide bonds. The van der Waals surface area contributed by atoms with Crippen molar-refractivity contribution in [3.63, 3.8) is 0 Å². The Labute approximate surface area is 257 Å². The number of halogens is 3. The lowest BCUT2D eigenvalue weighted by Gasteiger charge is -2.38. The molecule has 3 atom stereocenters.